The van der Waals surface area contributed by atoms with Gasteiger partial charge in [-0.25, -0.2) is 13.9 Å². The van der Waals surface area contributed by atoms with Gasteiger partial charge < -0.3 is 10.6 Å². The van der Waals surface area contributed by atoms with Gasteiger partial charge in [-0.3, -0.25) is 14.4 Å². The number of anilines is 1. The van der Waals surface area contributed by atoms with Crippen LogP contribution in [-0.4, -0.2) is 38.2 Å². The van der Waals surface area contributed by atoms with Crippen molar-refractivity contribution in [3.63, 3.8) is 0 Å². The van der Waals surface area contributed by atoms with E-state index in [4.69, 9.17) is 11.6 Å². The summed E-state index contributed by atoms with van der Waals surface area (Å²) < 4.78 is 14.7. The molecule has 0 bridgehead atoms. The number of nitrogens with zero attached hydrogens (tertiary/aromatic N) is 3. The lowest BCUT2D eigenvalue weighted by Crippen LogP contribution is -2.39. The number of rotatable bonds is 5. The Balaban J connectivity index is 1.36. The van der Waals surface area contributed by atoms with E-state index in [9.17, 15) is 18.8 Å². The summed E-state index contributed by atoms with van der Waals surface area (Å²) in [6, 6.07) is 3.75. The molecule has 1 fully saturated rings. The van der Waals surface area contributed by atoms with Gasteiger partial charge in [-0.1, -0.05) is 11.6 Å². The lowest BCUT2D eigenvalue weighted by molar-refractivity contribution is -0.120. The third-order valence-electron chi connectivity index (χ3n) is 6.01. The van der Waals surface area contributed by atoms with Crippen LogP contribution < -0.4 is 10.6 Å². The van der Waals surface area contributed by atoms with E-state index in [1.165, 1.54) is 36.0 Å². The molecule has 1 aromatic carbocycles. The SMILES string of the molecule is CC(=O)c1cnc2c(C(=O)N[C@H]3CC[C@H](C(=O)Nc4ccc(F)cc4Cl)CC3)cnn2c1C. The largest absolute Gasteiger partial charge is 0.349 e. The molecule has 2 heterocycles. The summed E-state index contributed by atoms with van der Waals surface area (Å²) in [7, 11) is 0. The first-order valence-corrected chi connectivity index (χ1v) is 11.0. The Bertz CT molecular complexity index is 1250. The van der Waals surface area contributed by atoms with Gasteiger partial charge in [0.25, 0.3) is 5.91 Å². The molecule has 10 heteroatoms. The lowest BCUT2D eigenvalue weighted by Gasteiger charge is -2.28. The van der Waals surface area contributed by atoms with E-state index >= 15 is 0 Å². The van der Waals surface area contributed by atoms with Crippen molar-refractivity contribution in [1.29, 1.82) is 0 Å². The maximum atomic E-state index is 13.2. The second-order valence-electron chi connectivity index (χ2n) is 8.24. The number of nitrogens with one attached hydrogen (secondary N) is 2. The minimum absolute atomic E-state index is 0.0801. The van der Waals surface area contributed by atoms with Crippen LogP contribution in [0.5, 0.6) is 0 Å². The van der Waals surface area contributed by atoms with Crippen LogP contribution in [0, 0.1) is 18.7 Å². The molecule has 0 aliphatic heterocycles. The highest BCUT2D eigenvalue weighted by molar-refractivity contribution is 6.33. The van der Waals surface area contributed by atoms with Gasteiger partial charge in [-0.05, 0) is 57.7 Å². The fourth-order valence-electron chi connectivity index (χ4n) is 4.14. The van der Waals surface area contributed by atoms with Gasteiger partial charge in [0.2, 0.25) is 5.91 Å². The first-order valence-electron chi connectivity index (χ1n) is 10.7. The van der Waals surface area contributed by atoms with Gasteiger partial charge in [0.15, 0.2) is 11.4 Å². The Kier molecular flexibility index (Phi) is 6.42. The average molecular weight is 472 g/mol. The molecular weight excluding hydrogens is 449 g/mol. The Morgan fingerprint density at radius 2 is 1.85 bits per heavy atom. The van der Waals surface area contributed by atoms with Crippen molar-refractivity contribution < 1.29 is 18.8 Å². The predicted molar refractivity (Wildman–Crippen MR) is 121 cm³/mol. The molecule has 2 aromatic heterocycles. The van der Waals surface area contributed by atoms with Crippen molar-refractivity contribution in [3.8, 4) is 0 Å². The molecule has 2 N–H and O–H groups in total. The molecule has 3 aromatic rings. The van der Waals surface area contributed by atoms with Crippen molar-refractivity contribution in [2.45, 2.75) is 45.6 Å². The topological polar surface area (TPSA) is 105 Å². The van der Waals surface area contributed by atoms with Crippen molar-refractivity contribution in [2.75, 3.05) is 5.32 Å². The van der Waals surface area contributed by atoms with E-state index < -0.39 is 5.82 Å². The molecule has 4 rings (SSSR count). The Morgan fingerprint density at radius 1 is 1.12 bits per heavy atom. The van der Waals surface area contributed by atoms with Crippen molar-refractivity contribution in [2.24, 2.45) is 5.92 Å². The van der Waals surface area contributed by atoms with E-state index in [1.54, 1.807) is 6.92 Å². The molecule has 8 nitrogen and oxygen atoms in total. The summed E-state index contributed by atoms with van der Waals surface area (Å²) in [5.74, 6) is -1.27. The number of ketones is 1. The van der Waals surface area contributed by atoms with Gasteiger partial charge in [-0.15, -0.1) is 0 Å². The number of carbonyl (C=O) groups is 3. The van der Waals surface area contributed by atoms with E-state index in [-0.39, 0.29) is 34.6 Å². The third kappa shape index (κ3) is 4.73. The number of Topliss-reactive ketones (excluding diaryl/α,β-unsaturated/α-hetero) is 1. The van der Waals surface area contributed by atoms with E-state index in [0.717, 1.165) is 6.07 Å². The van der Waals surface area contributed by atoms with Crippen molar-refractivity contribution in [3.05, 3.63) is 58.3 Å². The highest BCUT2D eigenvalue weighted by Crippen LogP contribution is 2.28. The van der Waals surface area contributed by atoms with Crippen LogP contribution >= 0.6 is 11.6 Å². The fourth-order valence-corrected chi connectivity index (χ4v) is 4.35. The summed E-state index contributed by atoms with van der Waals surface area (Å²) in [5.41, 5.74) is 2.18. The van der Waals surface area contributed by atoms with Gasteiger partial charge in [0, 0.05) is 18.2 Å². The summed E-state index contributed by atoms with van der Waals surface area (Å²) in [5, 5.41) is 10.1. The molecule has 1 saturated carbocycles. The van der Waals surface area contributed by atoms with Crippen LogP contribution in [0.1, 0.15) is 59.0 Å². The number of hydrogen-bond donors (Lipinski definition) is 2. The Morgan fingerprint density at radius 3 is 2.52 bits per heavy atom. The van der Waals surface area contributed by atoms with E-state index in [2.05, 4.69) is 20.7 Å². The van der Waals surface area contributed by atoms with Crippen molar-refractivity contribution in [1.82, 2.24) is 19.9 Å². The maximum absolute atomic E-state index is 13.2. The predicted octanol–water partition coefficient (Wildman–Crippen LogP) is 3.96. The zero-order chi connectivity index (χ0) is 23.7. The molecule has 0 radical (unpaired) electrons. The molecule has 0 saturated heterocycles. The average Bonchev–Trinajstić information content (AvgIpc) is 3.21. The van der Waals surface area contributed by atoms with Crippen LogP contribution in [0.25, 0.3) is 5.65 Å². The van der Waals surface area contributed by atoms with Crippen LogP contribution in [0.15, 0.2) is 30.6 Å². The molecule has 1 aliphatic carbocycles. The Hall–Kier alpha value is -3.33. The van der Waals surface area contributed by atoms with E-state index in [1.807, 2.05) is 0 Å². The van der Waals surface area contributed by atoms with Crippen LogP contribution in [0.3, 0.4) is 0 Å². The molecule has 172 valence electrons. The summed E-state index contributed by atoms with van der Waals surface area (Å²) in [4.78, 5) is 41.4. The molecule has 2 amide bonds. The van der Waals surface area contributed by atoms with E-state index in [0.29, 0.717) is 53.8 Å². The summed E-state index contributed by atoms with van der Waals surface area (Å²) >= 11 is 5.99. The van der Waals surface area contributed by atoms with Gasteiger partial charge in [0.1, 0.15) is 11.4 Å². The monoisotopic (exact) mass is 471 g/mol. The number of amides is 2. The molecule has 33 heavy (non-hydrogen) atoms. The zero-order valence-corrected chi connectivity index (χ0v) is 18.9. The molecular formula is C23H23ClFN5O3. The third-order valence-corrected chi connectivity index (χ3v) is 6.33. The lowest BCUT2D eigenvalue weighted by atomic mass is 9.85. The summed E-state index contributed by atoms with van der Waals surface area (Å²) in [6.07, 6.45) is 5.39. The number of carbonyl (C=O) groups excluding carboxylic acids is 3. The minimum Gasteiger partial charge on any atom is -0.349 e. The van der Waals surface area contributed by atoms with Crippen LogP contribution in [-0.2, 0) is 4.79 Å². The maximum Gasteiger partial charge on any atom is 0.256 e. The highest BCUT2D eigenvalue weighted by atomic mass is 35.5. The van der Waals surface area contributed by atoms with Crippen LogP contribution in [0.4, 0.5) is 10.1 Å². The standard InChI is InChI=1S/C23H23ClFN5O3/c1-12-17(13(2)31)10-26-21-18(11-27-30(12)21)23(33)28-16-6-3-14(4-7-16)22(32)29-20-8-5-15(25)9-19(20)24/h5,8-11,14,16H,3-4,6-7H2,1-2H3,(H,28,33)(H,29,32)/t14-,16-. The molecule has 0 atom stereocenters. The smallest absolute Gasteiger partial charge is 0.256 e. The number of halogens is 2. The minimum atomic E-state index is -0.467. The van der Waals surface area contributed by atoms with Gasteiger partial charge >= 0.3 is 0 Å². The van der Waals surface area contributed by atoms with Gasteiger partial charge in [0.05, 0.1) is 28.2 Å². The number of hydrogen-bond acceptors (Lipinski definition) is 5. The second kappa shape index (κ2) is 9.27. The Labute approximate surface area is 194 Å². The zero-order valence-electron chi connectivity index (χ0n) is 18.2. The van der Waals surface area contributed by atoms with Crippen LogP contribution in [0.2, 0.25) is 5.02 Å². The number of benzene rings is 1. The second-order valence-corrected chi connectivity index (χ2v) is 8.65. The quantitative estimate of drug-likeness (QED) is 0.548. The first-order chi connectivity index (χ1) is 15.7. The van der Waals surface area contributed by atoms with Crippen molar-refractivity contribution >= 4 is 40.5 Å². The first kappa shape index (κ1) is 22.8. The normalized spacial score (nSPS) is 18.2. The molecule has 0 unspecified atom stereocenters. The number of fused-ring (bicyclic) bond motifs is 1. The summed E-state index contributed by atoms with van der Waals surface area (Å²) in [6.45, 7) is 3.21. The number of aryl methyl sites for hydroxylation is 1. The molecule has 0 spiro atoms. The van der Waals surface area contributed by atoms with Gasteiger partial charge in [-0.2, -0.15) is 5.10 Å². The fraction of sp³-hybridized carbons (Fsp3) is 0.348. The number of aromatic nitrogens is 3. The highest BCUT2D eigenvalue weighted by Gasteiger charge is 2.28. The molecule has 1 aliphatic rings.